The molecule has 1 aromatic heterocycles. The van der Waals surface area contributed by atoms with Crippen molar-refractivity contribution in [1.82, 2.24) is 9.36 Å². The van der Waals surface area contributed by atoms with E-state index in [1.165, 1.54) is 0 Å². The summed E-state index contributed by atoms with van der Waals surface area (Å²) in [5.74, 6) is -0.566. The van der Waals surface area contributed by atoms with Crippen molar-refractivity contribution in [2.75, 3.05) is 5.32 Å². The molecule has 2 atom stereocenters. The number of halogens is 3. The zero-order valence-corrected chi connectivity index (χ0v) is 9.53. The molecule has 3 nitrogen and oxygen atoms in total. The third-order valence-corrected chi connectivity index (χ3v) is 3.50. The molecule has 0 spiro atoms. The van der Waals surface area contributed by atoms with E-state index in [1.54, 1.807) is 0 Å². The van der Waals surface area contributed by atoms with E-state index in [1.807, 2.05) is 0 Å². The molecule has 0 amide bonds. The lowest BCUT2D eigenvalue weighted by Gasteiger charge is -2.15. The van der Waals surface area contributed by atoms with Gasteiger partial charge in [0, 0.05) is 17.6 Å². The molecule has 1 fully saturated rings. The van der Waals surface area contributed by atoms with Crippen LogP contribution < -0.4 is 5.32 Å². The molecule has 0 radical (unpaired) electrons. The van der Waals surface area contributed by atoms with Crippen LogP contribution in [-0.2, 0) is 6.18 Å². The van der Waals surface area contributed by atoms with E-state index in [-0.39, 0.29) is 11.2 Å². The molecule has 2 rings (SSSR count). The van der Waals surface area contributed by atoms with E-state index in [9.17, 15) is 13.2 Å². The topological polar surface area (TPSA) is 37.8 Å². The van der Waals surface area contributed by atoms with Crippen LogP contribution in [0.3, 0.4) is 0 Å². The first kappa shape index (κ1) is 11.6. The van der Waals surface area contributed by atoms with Crippen LogP contribution in [0, 0.1) is 5.92 Å². The average Bonchev–Trinajstić information content (AvgIpc) is 2.76. The normalized spacial score (nSPS) is 26.0. The number of hydrogen-bond acceptors (Lipinski definition) is 4. The first-order chi connectivity index (χ1) is 7.47. The van der Waals surface area contributed by atoms with E-state index in [0.29, 0.717) is 5.92 Å². The van der Waals surface area contributed by atoms with Gasteiger partial charge in [0.2, 0.25) is 11.0 Å². The molecule has 1 N–H and O–H groups in total. The number of alkyl halides is 3. The molecule has 90 valence electrons. The summed E-state index contributed by atoms with van der Waals surface area (Å²) in [6.45, 7) is 2.09. The first-order valence-electron chi connectivity index (χ1n) is 5.14. The Hall–Kier alpha value is -0.850. The van der Waals surface area contributed by atoms with Crippen molar-refractivity contribution < 1.29 is 13.2 Å². The predicted molar refractivity (Wildman–Crippen MR) is 55.3 cm³/mol. The van der Waals surface area contributed by atoms with Gasteiger partial charge in [-0.15, -0.1) is 0 Å². The molecule has 16 heavy (non-hydrogen) atoms. The number of anilines is 1. The summed E-state index contributed by atoms with van der Waals surface area (Å²) in [5.41, 5.74) is 0. The van der Waals surface area contributed by atoms with Crippen LogP contribution in [0.15, 0.2) is 0 Å². The quantitative estimate of drug-likeness (QED) is 0.877. The van der Waals surface area contributed by atoms with Crippen molar-refractivity contribution >= 4 is 16.7 Å². The van der Waals surface area contributed by atoms with Crippen LogP contribution in [0.25, 0.3) is 0 Å². The fraction of sp³-hybridized carbons (Fsp3) is 0.778. The molecule has 0 aliphatic heterocycles. The maximum absolute atomic E-state index is 12.2. The molecular weight excluding hydrogens is 239 g/mol. The largest absolute Gasteiger partial charge is 0.452 e. The Morgan fingerprint density at radius 1 is 1.38 bits per heavy atom. The van der Waals surface area contributed by atoms with Gasteiger partial charge in [0.25, 0.3) is 0 Å². The van der Waals surface area contributed by atoms with Gasteiger partial charge in [-0.05, 0) is 18.8 Å². The summed E-state index contributed by atoms with van der Waals surface area (Å²) in [6.07, 6.45) is -1.23. The van der Waals surface area contributed by atoms with Crippen molar-refractivity contribution in [3.8, 4) is 0 Å². The molecule has 0 aromatic carbocycles. The molecule has 1 aromatic rings. The van der Waals surface area contributed by atoms with Crippen LogP contribution in [0.4, 0.5) is 18.3 Å². The summed E-state index contributed by atoms with van der Waals surface area (Å²) < 4.78 is 40.0. The molecule has 1 aliphatic carbocycles. The van der Waals surface area contributed by atoms with Gasteiger partial charge < -0.3 is 5.32 Å². The smallest absolute Gasteiger partial charge is 0.357 e. The van der Waals surface area contributed by atoms with Gasteiger partial charge in [-0.25, -0.2) is 0 Å². The SMILES string of the molecule is CC1CCCC1Nc1nc(C(F)(F)F)ns1. The van der Waals surface area contributed by atoms with Crippen LogP contribution >= 0.6 is 11.5 Å². The van der Waals surface area contributed by atoms with Gasteiger partial charge in [0.05, 0.1) is 0 Å². The third-order valence-electron chi connectivity index (χ3n) is 2.85. The highest BCUT2D eigenvalue weighted by atomic mass is 32.1. The van der Waals surface area contributed by atoms with Gasteiger partial charge >= 0.3 is 6.18 Å². The van der Waals surface area contributed by atoms with Crippen molar-refractivity contribution in [3.05, 3.63) is 5.82 Å². The van der Waals surface area contributed by atoms with Crippen molar-refractivity contribution in [1.29, 1.82) is 0 Å². The van der Waals surface area contributed by atoms with Crippen LogP contribution in [0.1, 0.15) is 32.0 Å². The summed E-state index contributed by atoms with van der Waals surface area (Å²) in [4.78, 5) is 3.45. The Morgan fingerprint density at radius 3 is 2.62 bits per heavy atom. The second-order valence-corrected chi connectivity index (χ2v) is 4.83. The van der Waals surface area contributed by atoms with E-state index in [2.05, 4.69) is 21.6 Å². The number of hydrogen-bond donors (Lipinski definition) is 1. The van der Waals surface area contributed by atoms with E-state index in [0.717, 1.165) is 30.8 Å². The molecule has 2 unspecified atom stereocenters. The molecular formula is C9H12F3N3S. The van der Waals surface area contributed by atoms with Gasteiger partial charge in [-0.1, -0.05) is 13.3 Å². The molecule has 0 bridgehead atoms. The maximum Gasteiger partial charge on any atom is 0.452 e. The molecule has 1 heterocycles. The van der Waals surface area contributed by atoms with Crippen molar-refractivity contribution in [2.24, 2.45) is 5.92 Å². The number of nitrogens with one attached hydrogen (secondary N) is 1. The summed E-state index contributed by atoms with van der Waals surface area (Å²) >= 11 is 0.773. The second kappa shape index (κ2) is 4.20. The van der Waals surface area contributed by atoms with Gasteiger partial charge in [0.1, 0.15) is 0 Å². The zero-order valence-electron chi connectivity index (χ0n) is 8.71. The summed E-state index contributed by atoms with van der Waals surface area (Å²) in [6, 6.07) is 0.231. The Bertz CT molecular complexity index is 363. The van der Waals surface area contributed by atoms with E-state index in [4.69, 9.17) is 0 Å². The van der Waals surface area contributed by atoms with Gasteiger partial charge in [-0.2, -0.15) is 22.5 Å². The van der Waals surface area contributed by atoms with Gasteiger partial charge in [0.15, 0.2) is 0 Å². The number of rotatable bonds is 2. The minimum Gasteiger partial charge on any atom is -0.357 e. The monoisotopic (exact) mass is 251 g/mol. The molecule has 0 saturated heterocycles. The Balaban J connectivity index is 2.03. The minimum atomic E-state index is -4.45. The Labute approximate surface area is 95.2 Å². The van der Waals surface area contributed by atoms with E-state index < -0.39 is 12.0 Å². The lowest BCUT2D eigenvalue weighted by Crippen LogP contribution is -2.21. The standard InChI is InChI=1S/C9H12F3N3S/c1-5-3-2-4-6(5)13-8-14-7(15-16-8)9(10,11)12/h5-6H,2-4H2,1H3,(H,13,14,15). The van der Waals surface area contributed by atoms with Crippen LogP contribution in [-0.4, -0.2) is 15.4 Å². The van der Waals surface area contributed by atoms with Gasteiger partial charge in [-0.3, -0.25) is 0 Å². The predicted octanol–water partition coefficient (Wildman–Crippen LogP) is 3.16. The van der Waals surface area contributed by atoms with Crippen LogP contribution in [0.5, 0.6) is 0 Å². The number of aromatic nitrogens is 2. The summed E-state index contributed by atoms with van der Waals surface area (Å²) in [7, 11) is 0. The minimum absolute atomic E-state index is 0.231. The highest BCUT2D eigenvalue weighted by Gasteiger charge is 2.36. The zero-order chi connectivity index (χ0) is 11.8. The highest BCUT2D eigenvalue weighted by molar-refractivity contribution is 7.09. The third kappa shape index (κ3) is 2.45. The summed E-state index contributed by atoms with van der Waals surface area (Å²) in [5, 5.41) is 3.30. The highest BCUT2D eigenvalue weighted by Crippen LogP contribution is 2.31. The Morgan fingerprint density at radius 2 is 2.12 bits per heavy atom. The Kier molecular flexibility index (Phi) is 3.05. The fourth-order valence-electron chi connectivity index (χ4n) is 1.92. The van der Waals surface area contributed by atoms with Crippen molar-refractivity contribution in [2.45, 2.75) is 38.4 Å². The molecule has 1 saturated carbocycles. The second-order valence-electron chi connectivity index (χ2n) is 4.08. The van der Waals surface area contributed by atoms with Crippen LogP contribution in [0.2, 0.25) is 0 Å². The average molecular weight is 251 g/mol. The number of nitrogens with zero attached hydrogens (tertiary/aromatic N) is 2. The van der Waals surface area contributed by atoms with Crippen molar-refractivity contribution in [3.63, 3.8) is 0 Å². The first-order valence-corrected chi connectivity index (χ1v) is 5.91. The maximum atomic E-state index is 12.2. The molecule has 7 heteroatoms. The molecule has 1 aliphatic rings. The fourth-order valence-corrected chi connectivity index (χ4v) is 2.56. The lowest BCUT2D eigenvalue weighted by atomic mass is 10.1. The van der Waals surface area contributed by atoms with E-state index >= 15 is 0 Å². The lowest BCUT2D eigenvalue weighted by molar-refractivity contribution is -0.144.